The van der Waals surface area contributed by atoms with E-state index in [0.717, 1.165) is 25.3 Å². The number of nitrogens with one attached hydrogen (secondary N) is 1. The van der Waals surface area contributed by atoms with Crippen LogP contribution in [0.1, 0.15) is 23.7 Å². The first-order chi connectivity index (χ1) is 8.42. The molecule has 1 aliphatic rings. The van der Waals surface area contributed by atoms with Gasteiger partial charge in [0.15, 0.2) is 5.82 Å². The third-order valence-corrected chi connectivity index (χ3v) is 3.06. The van der Waals surface area contributed by atoms with E-state index in [2.05, 4.69) is 32.9 Å². The largest absolute Gasteiger partial charge is 0.316 e. The lowest BCUT2D eigenvalue weighted by Crippen LogP contribution is -2.09. The Labute approximate surface area is 99.8 Å². The SMILES string of the molecule is c1ccc(Cn2nnc(C3CCNC3)n2)cc1. The molecular weight excluding hydrogens is 214 g/mol. The minimum atomic E-state index is 0.430. The molecule has 17 heavy (non-hydrogen) atoms. The smallest absolute Gasteiger partial charge is 0.179 e. The van der Waals surface area contributed by atoms with Gasteiger partial charge in [-0.3, -0.25) is 0 Å². The summed E-state index contributed by atoms with van der Waals surface area (Å²) in [4.78, 5) is 1.67. The molecule has 1 aromatic heterocycles. The highest BCUT2D eigenvalue weighted by molar-refractivity contribution is 5.14. The van der Waals surface area contributed by atoms with E-state index in [4.69, 9.17) is 0 Å². The molecule has 0 saturated carbocycles. The molecule has 0 aliphatic carbocycles. The Morgan fingerprint density at radius 1 is 1.29 bits per heavy atom. The van der Waals surface area contributed by atoms with E-state index >= 15 is 0 Å². The normalized spacial score (nSPS) is 19.6. The van der Waals surface area contributed by atoms with Crippen LogP contribution in [0, 0.1) is 0 Å². The summed E-state index contributed by atoms with van der Waals surface area (Å²) in [5, 5.41) is 16.0. The molecule has 1 aromatic carbocycles. The van der Waals surface area contributed by atoms with E-state index in [1.807, 2.05) is 18.2 Å². The standard InChI is InChI=1S/C12H15N5/c1-2-4-10(5-3-1)9-17-15-12(14-16-17)11-6-7-13-8-11/h1-5,11,13H,6-9H2. The molecule has 1 aliphatic heterocycles. The fraction of sp³-hybridized carbons (Fsp3) is 0.417. The zero-order chi connectivity index (χ0) is 11.5. The second-order valence-corrected chi connectivity index (χ2v) is 4.35. The van der Waals surface area contributed by atoms with Crippen molar-refractivity contribution < 1.29 is 0 Å². The van der Waals surface area contributed by atoms with Gasteiger partial charge in [-0.15, -0.1) is 10.2 Å². The summed E-state index contributed by atoms with van der Waals surface area (Å²) in [6, 6.07) is 10.2. The number of nitrogens with zero attached hydrogens (tertiary/aromatic N) is 4. The summed E-state index contributed by atoms with van der Waals surface area (Å²) < 4.78 is 0. The van der Waals surface area contributed by atoms with Crippen molar-refractivity contribution in [3.05, 3.63) is 41.7 Å². The van der Waals surface area contributed by atoms with Gasteiger partial charge in [0.05, 0.1) is 6.54 Å². The maximum atomic E-state index is 4.44. The summed E-state index contributed by atoms with van der Waals surface area (Å²) in [7, 11) is 0. The number of hydrogen-bond donors (Lipinski definition) is 1. The second kappa shape index (κ2) is 4.63. The summed E-state index contributed by atoms with van der Waals surface area (Å²) in [5.74, 6) is 1.30. The average Bonchev–Trinajstić information content (AvgIpc) is 3.00. The van der Waals surface area contributed by atoms with Crippen LogP contribution >= 0.6 is 0 Å². The molecule has 1 N–H and O–H groups in total. The summed E-state index contributed by atoms with van der Waals surface area (Å²) in [6.07, 6.45) is 1.11. The molecule has 5 nitrogen and oxygen atoms in total. The summed E-state index contributed by atoms with van der Waals surface area (Å²) in [5.41, 5.74) is 1.20. The number of aromatic nitrogens is 4. The molecule has 0 bridgehead atoms. The van der Waals surface area contributed by atoms with E-state index in [1.165, 1.54) is 5.56 Å². The van der Waals surface area contributed by atoms with Gasteiger partial charge in [0.25, 0.3) is 0 Å². The average molecular weight is 229 g/mol. The maximum Gasteiger partial charge on any atom is 0.179 e. The Balaban J connectivity index is 1.72. The second-order valence-electron chi connectivity index (χ2n) is 4.35. The summed E-state index contributed by atoms with van der Waals surface area (Å²) in [6.45, 7) is 2.71. The van der Waals surface area contributed by atoms with Crippen molar-refractivity contribution in [3.63, 3.8) is 0 Å². The van der Waals surface area contributed by atoms with Gasteiger partial charge in [-0.2, -0.15) is 4.80 Å². The van der Waals surface area contributed by atoms with Crippen LogP contribution in [0.4, 0.5) is 0 Å². The molecule has 2 heterocycles. The lowest BCUT2D eigenvalue weighted by molar-refractivity contribution is 0.567. The van der Waals surface area contributed by atoms with Crippen LogP contribution in [0.25, 0.3) is 0 Å². The first kappa shape index (κ1) is 10.4. The number of rotatable bonds is 3. The van der Waals surface area contributed by atoms with Gasteiger partial charge in [0.2, 0.25) is 0 Å². The Morgan fingerprint density at radius 3 is 2.94 bits per heavy atom. The maximum absolute atomic E-state index is 4.44. The molecule has 0 radical (unpaired) electrons. The fourth-order valence-corrected chi connectivity index (χ4v) is 2.11. The summed E-state index contributed by atoms with van der Waals surface area (Å²) >= 11 is 0. The first-order valence-corrected chi connectivity index (χ1v) is 5.94. The Bertz CT molecular complexity index is 473. The minimum Gasteiger partial charge on any atom is -0.316 e. The third kappa shape index (κ3) is 2.34. The van der Waals surface area contributed by atoms with Crippen LogP contribution in [0.5, 0.6) is 0 Å². The monoisotopic (exact) mass is 229 g/mol. The van der Waals surface area contributed by atoms with Crippen molar-refractivity contribution >= 4 is 0 Å². The van der Waals surface area contributed by atoms with Crippen molar-refractivity contribution in [3.8, 4) is 0 Å². The number of tetrazole rings is 1. The molecular formula is C12H15N5. The number of hydrogen-bond acceptors (Lipinski definition) is 4. The molecule has 1 fully saturated rings. The van der Waals surface area contributed by atoms with E-state index < -0.39 is 0 Å². The molecule has 1 saturated heterocycles. The zero-order valence-corrected chi connectivity index (χ0v) is 9.58. The highest BCUT2D eigenvalue weighted by Gasteiger charge is 2.21. The van der Waals surface area contributed by atoms with Crippen LogP contribution in [-0.2, 0) is 6.54 Å². The molecule has 0 spiro atoms. The molecule has 5 heteroatoms. The fourth-order valence-electron chi connectivity index (χ4n) is 2.11. The predicted octanol–water partition coefficient (Wildman–Crippen LogP) is 0.798. The van der Waals surface area contributed by atoms with Gasteiger partial charge < -0.3 is 5.32 Å². The predicted molar refractivity (Wildman–Crippen MR) is 63.6 cm³/mol. The van der Waals surface area contributed by atoms with Gasteiger partial charge in [-0.05, 0) is 23.7 Å². The number of benzene rings is 1. The lowest BCUT2D eigenvalue weighted by Gasteiger charge is -2.00. The van der Waals surface area contributed by atoms with Crippen LogP contribution in [0.3, 0.4) is 0 Å². The Hall–Kier alpha value is -1.75. The van der Waals surface area contributed by atoms with Gasteiger partial charge in [-0.1, -0.05) is 30.3 Å². The molecule has 88 valence electrons. The van der Waals surface area contributed by atoms with Gasteiger partial charge in [0.1, 0.15) is 0 Å². The molecule has 3 rings (SSSR count). The van der Waals surface area contributed by atoms with Gasteiger partial charge in [0, 0.05) is 12.5 Å². The van der Waals surface area contributed by atoms with Gasteiger partial charge >= 0.3 is 0 Å². The van der Waals surface area contributed by atoms with Crippen LogP contribution in [0.15, 0.2) is 30.3 Å². The zero-order valence-electron chi connectivity index (χ0n) is 9.58. The Kier molecular flexibility index (Phi) is 2.83. The minimum absolute atomic E-state index is 0.430. The van der Waals surface area contributed by atoms with Crippen LogP contribution in [-0.4, -0.2) is 33.3 Å². The van der Waals surface area contributed by atoms with Gasteiger partial charge in [-0.25, -0.2) is 0 Å². The van der Waals surface area contributed by atoms with Crippen molar-refractivity contribution in [1.82, 2.24) is 25.5 Å². The quantitative estimate of drug-likeness (QED) is 0.845. The third-order valence-electron chi connectivity index (χ3n) is 3.06. The highest BCUT2D eigenvalue weighted by atomic mass is 15.6. The first-order valence-electron chi connectivity index (χ1n) is 5.94. The van der Waals surface area contributed by atoms with E-state index in [-0.39, 0.29) is 0 Å². The lowest BCUT2D eigenvalue weighted by atomic mass is 10.1. The molecule has 1 unspecified atom stereocenters. The van der Waals surface area contributed by atoms with Crippen molar-refractivity contribution in [1.29, 1.82) is 0 Å². The van der Waals surface area contributed by atoms with Crippen LogP contribution < -0.4 is 5.32 Å². The topological polar surface area (TPSA) is 55.6 Å². The van der Waals surface area contributed by atoms with E-state index in [0.29, 0.717) is 12.5 Å². The van der Waals surface area contributed by atoms with E-state index in [9.17, 15) is 0 Å². The molecule has 2 aromatic rings. The van der Waals surface area contributed by atoms with E-state index in [1.54, 1.807) is 4.80 Å². The Morgan fingerprint density at radius 2 is 2.18 bits per heavy atom. The highest BCUT2D eigenvalue weighted by Crippen LogP contribution is 2.17. The molecule has 1 atom stereocenters. The van der Waals surface area contributed by atoms with Crippen LogP contribution in [0.2, 0.25) is 0 Å². The van der Waals surface area contributed by atoms with Crippen molar-refractivity contribution in [2.45, 2.75) is 18.9 Å². The van der Waals surface area contributed by atoms with Crippen molar-refractivity contribution in [2.24, 2.45) is 0 Å². The van der Waals surface area contributed by atoms with Crippen molar-refractivity contribution in [2.75, 3.05) is 13.1 Å². The molecule has 0 amide bonds.